The van der Waals surface area contributed by atoms with E-state index in [-0.39, 0.29) is 5.56 Å². The highest BCUT2D eigenvalue weighted by atomic mass is 79.9. The second-order valence-electron chi connectivity index (χ2n) is 6.39. The molecule has 0 aliphatic carbocycles. The van der Waals surface area contributed by atoms with Crippen LogP contribution in [0.4, 0.5) is 0 Å². The van der Waals surface area contributed by atoms with Crippen LogP contribution in [0.5, 0.6) is 0 Å². The van der Waals surface area contributed by atoms with Crippen molar-refractivity contribution < 1.29 is 4.79 Å². The maximum Gasteiger partial charge on any atom is 0.260 e. The van der Waals surface area contributed by atoms with Gasteiger partial charge in [0.15, 0.2) is 5.78 Å². The molecule has 0 saturated carbocycles. The molecule has 0 radical (unpaired) electrons. The SMILES string of the molecule is O=C(/C=C/c1cncc(Br)c1)c1c(-c2ccccc2)c2cc(Cl)ccc2[nH]c1=O. The van der Waals surface area contributed by atoms with E-state index < -0.39 is 11.3 Å². The summed E-state index contributed by atoms with van der Waals surface area (Å²) >= 11 is 9.56. The molecular weight excluding hydrogens is 452 g/mol. The van der Waals surface area contributed by atoms with Gasteiger partial charge in [-0.25, -0.2) is 0 Å². The van der Waals surface area contributed by atoms with E-state index in [0.717, 1.165) is 15.6 Å². The van der Waals surface area contributed by atoms with Crippen LogP contribution in [0.25, 0.3) is 28.1 Å². The van der Waals surface area contributed by atoms with Gasteiger partial charge in [0.2, 0.25) is 0 Å². The zero-order valence-corrected chi connectivity index (χ0v) is 17.4. The molecule has 4 aromatic rings. The number of nitrogens with zero attached hydrogens (tertiary/aromatic N) is 1. The van der Waals surface area contributed by atoms with Gasteiger partial charge in [-0.15, -0.1) is 0 Å². The van der Waals surface area contributed by atoms with E-state index in [2.05, 4.69) is 25.9 Å². The largest absolute Gasteiger partial charge is 0.321 e. The lowest BCUT2D eigenvalue weighted by molar-refractivity contribution is 0.104. The van der Waals surface area contributed by atoms with E-state index >= 15 is 0 Å². The molecular formula is C23H14BrClN2O2. The lowest BCUT2D eigenvalue weighted by atomic mass is 9.94. The first-order chi connectivity index (χ1) is 14.0. The number of ketones is 1. The Bertz CT molecular complexity index is 1310. The number of benzene rings is 2. The van der Waals surface area contributed by atoms with E-state index in [1.165, 1.54) is 6.08 Å². The first-order valence-electron chi connectivity index (χ1n) is 8.77. The number of pyridine rings is 2. The molecule has 142 valence electrons. The summed E-state index contributed by atoms with van der Waals surface area (Å²) in [5.74, 6) is -0.396. The van der Waals surface area contributed by atoms with Crippen molar-refractivity contribution in [3.05, 3.63) is 104 Å². The van der Waals surface area contributed by atoms with Crippen LogP contribution in [0.3, 0.4) is 0 Å². The summed E-state index contributed by atoms with van der Waals surface area (Å²) in [6.07, 6.45) is 6.31. The average Bonchev–Trinajstić information content (AvgIpc) is 2.72. The van der Waals surface area contributed by atoms with Gasteiger partial charge >= 0.3 is 0 Å². The van der Waals surface area contributed by atoms with Crippen LogP contribution in [-0.2, 0) is 0 Å². The zero-order valence-electron chi connectivity index (χ0n) is 15.0. The predicted octanol–water partition coefficient (Wildman–Crippen LogP) is 5.90. The van der Waals surface area contributed by atoms with Crippen LogP contribution in [-0.4, -0.2) is 15.8 Å². The number of fused-ring (bicyclic) bond motifs is 1. The van der Waals surface area contributed by atoms with Gasteiger partial charge < -0.3 is 4.98 Å². The summed E-state index contributed by atoms with van der Waals surface area (Å²) in [6, 6.07) is 16.4. The van der Waals surface area contributed by atoms with Crippen molar-refractivity contribution in [2.45, 2.75) is 0 Å². The van der Waals surface area contributed by atoms with Gasteiger partial charge in [-0.3, -0.25) is 14.6 Å². The summed E-state index contributed by atoms with van der Waals surface area (Å²) in [4.78, 5) is 32.8. The molecule has 0 aliphatic heterocycles. The monoisotopic (exact) mass is 464 g/mol. The number of aromatic nitrogens is 2. The van der Waals surface area contributed by atoms with Gasteiger partial charge in [0.1, 0.15) is 0 Å². The quantitative estimate of drug-likeness (QED) is 0.301. The lowest BCUT2D eigenvalue weighted by Gasteiger charge is -2.11. The van der Waals surface area contributed by atoms with E-state index in [1.807, 2.05) is 36.4 Å². The third kappa shape index (κ3) is 4.06. The molecule has 0 aliphatic rings. The Kier molecular flexibility index (Phi) is 5.43. The smallest absolute Gasteiger partial charge is 0.260 e. The molecule has 4 rings (SSSR count). The van der Waals surface area contributed by atoms with Crippen LogP contribution in [0, 0.1) is 0 Å². The first kappa shape index (κ1) is 19.3. The van der Waals surface area contributed by atoms with Crippen molar-refractivity contribution in [2.24, 2.45) is 0 Å². The number of aromatic amines is 1. The fraction of sp³-hybridized carbons (Fsp3) is 0. The Morgan fingerprint density at radius 2 is 1.86 bits per heavy atom. The molecule has 0 bridgehead atoms. The molecule has 0 amide bonds. The topological polar surface area (TPSA) is 62.8 Å². The van der Waals surface area contributed by atoms with Crippen molar-refractivity contribution in [2.75, 3.05) is 0 Å². The molecule has 2 aromatic carbocycles. The van der Waals surface area contributed by atoms with Crippen LogP contribution in [0.15, 0.2) is 82.3 Å². The molecule has 0 fully saturated rings. The Hall–Kier alpha value is -3.02. The number of carbonyl (C=O) groups excluding carboxylic acids is 1. The lowest BCUT2D eigenvalue weighted by Crippen LogP contribution is -2.18. The second-order valence-corrected chi connectivity index (χ2v) is 7.75. The third-order valence-electron chi connectivity index (χ3n) is 4.44. The highest BCUT2D eigenvalue weighted by Crippen LogP contribution is 2.31. The van der Waals surface area contributed by atoms with Gasteiger partial charge in [-0.2, -0.15) is 0 Å². The second kappa shape index (κ2) is 8.15. The van der Waals surface area contributed by atoms with Gasteiger partial charge in [0.25, 0.3) is 5.56 Å². The highest BCUT2D eigenvalue weighted by Gasteiger charge is 2.19. The normalized spacial score (nSPS) is 11.2. The Morgan fingerprint density at radius 3 is 2.62 bits per heavy atom. The zero-order chi connectivity index (χ0) is 20.4. The van der Waals surface area contributed by atoms with E-state index in [0.29, 0.717) is 21.5 Å². The fourth-order valence-electron chi connectivity index (χ4n) is 3.18. The molecule has 2 heterocycles. The maximum atomic E-state index is 13.1. The minimum Gasteiger partial charge on any atom is -0.321 e. The number of hydrogen-bond donors (Lipinski definition) is 1. The van der Waals surface area contributed by atoms with Crippen LogP contribution in [0.1, 0.15) is 15.9 Å². The summed E-state index contributed by atoms with van der Waals surface area (Å²) < 4.78 is 0.801. The Balaban J connectivity index is 1.92. The van der Waals surface area contributed by atoms with Gasteiger partial charge in [0.05, 0.1) is 5.56 Å². The minimum absolute atomic E-state index is 0.0742. The molecule has 0 saturated heterocycles. The van der Waals surface area contributed by atoms with Crippen molar-refractivity contribution in [3.8, 4) is 11.1 Å². The molecule has 1 N–H and O–H groups in total. The molecule has 4 nitrogen and oxygen atoms in total. The third-order valence-corrected chi connectivity index (χ3v) is 5.11. The van der Waals surface area contributed by atoms with Gasteiger partial charge in [0, 0.05) is 38.4 Å². The maximum absolute atomic E-state index is 13.1. The first-order valence-corrected chi connectivity index (χ1v) is 9.94. The van der Waals surface area contributed by atoms with Crippen molar-refractivity contribution in [1.82, 2.24) is 9.97 Å². The molecule has 6 heteroatoms. The highest BCUT2D eigenvalue weighted by molar-refractivity contribution is 9.10. The fourth-order valence-corrected chi connectivity index (χ4v) is 3.73. The average molecular weight is 466 g/mol. The molecule has 29 heavy (non-hydrogen) atoms. The Morgan fingerprint density at radius 1 is 1.07 bits per heavy atom. The van der Waals surface area contributed by atoms with E-state index in [4.69, 9.17) is 11.6 Å². The molecule has 0 spiro atoms. The molecule has 0 unspecified atom stereocenters. The van der Waals surface area contributed by atoms with Crippen molar-refractivity contribution in [1.29, 1.82) is 0 Å². The predicted molar refractivity (Wildman–Crippen MR) is 120 cm³/mol. The number of hydrogen-bond acceptors (Lipinski definition) is 3. The number of allylic oxidation sites excluding steroid dienone is 1. The Labute approximate surface area is 180 Å². The number of nitrogens with one attached hydrogen (secondary N) is 1. The van der Waals surface area contributed by atoms with Crippen LogP contribution < -0.4 is 5.56 Å². The standard InChI is InChI=1S/C23H14BrClN2O2/c24-16-10-14(12-26-13-16)6-9-20(28)22-21(15-4-2-1-3-5-15)18-11-17(25)7-8-19(18)27-23(22)29/h1-13H,(H,27,29)/b9-6+. The number of halogens is 2. The van der Waals surface area contributed by atoms with Gasteiger partial charge in [-0.05, 0) is 63.5 Å². The molecule has 2 aromatic heterocycles. The summed E-state index contributed by atoms with van der Waals surface area (Å²) in [6.45, 7) is 0. The summed E-state index contributed by atoms with van der Waals surface area (Å²) in [7, 11) is 0. The van der Waals surface area contributed by atoms with E-state index in [1.54, 1.807) is 36.7 Å². The number of rotatable bonds is 4. The van der Waals surface area contributed by atoms with Gasteiger partial charge in [-0.1, -0.05) is 41.9 Å². The van der Waals surface area contributed by atoms with Crippen LogP contribution in [0.2, 0.25) is 5.02 Å². The number of H-pyrrole nitrogens is 1. The number of carbonyl (C=O) groups is 1. The van der Waals surface area contributed by atoms with Crippen molar-refractivity contribution >= 4 is 50.3 Å². The van der Waals surface area contributed by atoms with E-state index in [9.17, 15) is 9.59 Å². The van der Waals surface area contributed by atoms with Crippen LogP contribution >= 0.6 is 27.5 Å². The summed E-state index contributed by atoms with van der Waals surface area (Å²) in [5, 5.41) is 1.24. The van der Waals surface area contributed by atoms with Crippen molar-refractivity contribution in [3.63, 3.8) is 0 Å². The molecule has 0 atom stereocenters. The summed E-state index contributed by atoms with van der Waals surface area (Å²) in [5.41, 5.74) is 2.33. The minimum atomic E-state index is -0.444.